The summed E-state index contributed by atoms with van der Waals surface area (Å²) < 4.78 is 12.9. The number of anilines is 1. The Labute approximate surface area is 158 Å². The third-order valence-corrected chi connectivity index (χ3v) is 4.90. The average molecular weight is 389 g/mol. The molecule has 2 aromatic heterocycles. The second-order valence-corrected chi connectivity index (χ2v) is 6.65. The molecule has 0 saturated carbocycles. The van der Waals surface area contributed by atoms with E-state index in [1.54, 1.807) is 35.7 Å². The van der Waals surface area contributed by atoms with Crippen molar-refractivity contribution in [2.75, 3.05) is 26.1 Å². The normalized spacial score (nSPS) is 10.9. The first-order chi connectivity index (χ1) is 13.0. The minimum Gasteiger partial charge on any atom is -0.497 e. The number of carbonyl (C=O) groups excluding carboxylic acids is 1. The lowest BCUT2D eigenvalue weighted by molar-refractivity contribution is -0.116. The van der Waals surface area contributed by atoms with Crippen molar-refractivity contribution < 1.29 is 14.3 Å². The number of thiophene rings is 1. The standard InChI is InChI=1S/C18H19N3O5S/c1-25-8-7-20-17(23)16-14(6-9-27-16)21(18(20)24)11-15(22)19-12-4-3-5-13(10-12)26-2/h3-6,9-10H,7-8,11H2,1-2H3,(H,19,22). The van der Waals surface area contributed by atoms with E-state index in [4.69, 9.17) is 9.47 Å². The summed E-state index contributed by atoms with van der Waals surface area (Å²) in [5.41, 5.74) is 0.0985. The van der Waals surface area contributed by atoms with Crippen LogP contribution in [0.5, 0.6) is 5.75 Å². The first-order valence-corrected chi connectivity index (χ1v) is 9.06. The fourth-order valence-corrected chi connectivity index (χ4v) is 3.55. The molecule has 9 heteroatoms. The topological polar surface area (TPSA) is 91.6 Å². The van der Waals surface area contributed by atoms with Gasteiger partial charge in [0, 0.05) is 18.9 Å². The number of nitrogens with zero attached hydrogens (tertiary/aromatic N) is 2. The number of benzene rings is 1. The third-order valence-electron chi connectivity index (χ3n) is 4.01. The Morgan fingerprint density at radius 1 is 1.19 bits per heavy atom. The highest BCUT2D eigenvalue weighted by Gasteiger charge is 2.16. The lowest BCUT2D eigenvalue weighted by Gasteiger charge is -2.12. The number of rotatable bonds is 7. The van der Waals surface area contributed by atoms with Gasteiger partial charge in [-0.25, -0.2) is 4.79 Å². The van der Waals surface area contributed by atoms with Gasteiger partial charge in [-0.3, -0.25) is 18.7 Å². The number of aromatic nitrogens is 2. The van der Waals surface area contributed by atoms with E-state index < -0.39 is 5.69 Å². The van der Waals surface area contributed by atoms with Crippen molar-refractivity contribution in [2.24, 2.45) is 0 Å². The van der Waals surface area contributed by atoms with Crippen molar-refractivity contribution in [3.05, 3.63) is 56.5 Å². The van der Waals surface area contributed by atoms with Crippen LogP contribution in [0.2, 0.25) is 0 Å². The number of ether oxygens (including phenoxy) is 2. The first kappa shape index (κ1) is 18.9. The minimum atomic E-state index is -0.538. The van der Waals surface area contributed by atoms with Crippen molar-refractivity contribution in [3.63, 3.8) is 0 Å². The summed E-state index contributed by atoms with van der Waals surface area (Å²) in [7, 11) is 3.03. The predicted molar refractivity (Wildman–Crippen MR) is 104 cm³/mol. The number of methoxy groups -OCH3 is 2. The Balaban J connectivity index is 1.93. The highest BCUT2D eigenvalue weighted by Crippen LogP contribution is 2.18. The van der Waals surface area contributed by atoms with Crippen LogP contribution in [0, 0.1) is 0 Å². The number of hydrogen-bond donors (Lipinski definition) is 1. The van der Waals surface area contributed by atoms with Gasteiger partial charge in [-0.1, -0.05) is 6.07 Å². The molecule has 2 heterocycles. The maximum absolute atomic E-state index is 12.8. The van der Waals surface area contributed by atoms with E-state index in [1.165, 1.54) is 30.1 Å². The number of carbonyl (C=O) groups is 1. The smallest absolute Gasteiger partial charge is 0.332 e. The number of hydrogen-bond acceptors (Lipinski definition) is 6. The summed E-state index contributed by atoms with van der Waals surface area (Å²) in [5.74, 6) is 0.230. The molecule has 8 nitrogen and oxygen atoms in total. The van der Waals surface area contributed by atoms with Crippen LogP contribution < -0.4 is 21.3 Å². The van der Waals surface area contributed by atoms with Gasteiger partial charge in [-0.15, -0.1) is 11.3 Å². The van der Waals surface area contributed by atoms with Crippen molar-refractivity contribution >= 4 is 33.1 Å². The van der Waals surface area contributed by atoms with Crippen LogP contribution in [0.3, 0.4) is 0 Å². The lowest BCUT2D eigenvalue weighted by Crippen LogP contribution is -2.42. The molecule has 0 aliphatic heterocycles. The summed E-state index contributed by atoms with van der Waals surface area (Å²) in [6, 6.07) is 8.59. The van der Waals surface area contributed by atoms with Gasteiger partial charge in [0.05, 0.1) is 25.8 Å². The molecule has 0 spiro atoms. The second-order valence-electron chi connectivity index (χ2n) is 5.73. The molecule has 3 rings (SSSR count). The van der Waals surface area contributed by atoms with Crippen molar-refractivity contribution in [1.29, 1.82) is 0 Å². The quantitative estimate of drug-likeness (QED) is 0.662. The van der Waals surface area contributed by atoms with Crippen LogP contribution in [0.4, 0.5) is 5.69 Å². The molecule has 27 heavy (non-hydrogen) atoms. The van der Waals surface area contributed by atoms with Crippen molar-refractivity contribution in [1.82, 2.24) is 9.13 Å². The monoisotopic (exact) mass is 389 g/mol. The summed E-state index contributed by atoms with van der Waals surface area (Å²) >= 11 is 1.24. The van der Waals surface area contributed by atoms with Crippen LogP contribution in [-0.2, 0) is 22.6 Å². The lowest BCUT2D eigenvalue weighted by atomic mass is 10.3. The summed E-state index contributed by atoms with van der Waals surface area (Å²) in [6.07, 6.45) is 0. The van der Waals surface area contributed by atoms with E-state index >= 15 is 0 Å². The Hall–Kier alpha value is -2.91. The number of amides is 1. The second kappa shape index (κ2) is 8.19. The van der Waals surface area contributed by atoms with Crippen LogP contribution in [0.15, 0.2) is 45.3 Å². The maximum Gasteiger partial charge on any atom is 0.332 e. The molecule has 1 amide bonds. The predicted octanol–water partition coefficient (Wildman–Crippen LogP) is 1.52. The Morgan fingerprint density at radius 3 is 2.74 bits per heavy atom. The molecule has 1 aromatic carbocycles. The van der Waals surface area contributed by atoms with Gasteiger partial charge in [-0.05, 0) is 23.6 Å². The zero-order valence-corrected chi connectivity index (χ0v) is 15.7. The van der Waals surface area contributed by atoms with E-state index in [2.05, 4.69) is 5.32 Å². The third kappa shape index (κ3) is 3.93. The highest BCUT2D eigenvalue weighted by molar-refractivity contribution is 7.17. The Morgan fingerprint density at radius 2 is 2.00 bits per heavy atom. The summed E-state index contributed by atoms with van der Waals surface area (Å²) in [6.45, 7) is 0.137. The molecule has 0 aliphatic rings. The van der Waals surface area contributed by atoms with Crippen LogP contribution in [0.1, 0.15) is 0 Å². The molecule has 0 fully saturated rings. The van der Waals surface area contributed by atoms with Crippen LogP contribution in [0.25, 0.3) is 10.2 Å². The van der Waals surface area contributed by atoms with Crippen LogP contribution in [-0.4, -0.2) is 35.9 Å². The Bertz CT molecular complexity index is 1080. The number of fused-ring (bicyclic) bond motifs is 1. The van der Waals surface area contributed by atoms with Gasteiger partial charge < -0.3 is 14.8 Å². The summed E-state index contributed by atoms with van der Waals surface area (Å²) in [4.78, 5) is 37.8. The zero-order chi connectivity index (χ0) is 19.4. The maximum atomic E-state index is 12.8. The van der Waals surface area contributed by atoms with E-state index in [-0.39, 0.29) is 31.2 Å². The van der Waals surface area contributed by atoms with Gasteiger partial charge >= 0.3 is 5.69 Å². The molecule has 0 unspecified atom stereocenters. The molecule has 0 saturated heterocycles. The summed E-state index contributed by atoms with van der Waals surface area (Å²) in [5, 5.41) is 4.46. The van der Waals surface area contributed by atoms with Gasteiger partial charge in [0.15, 0.2) is 0 Å². The van der Waals surface area contributed by atoms with Gasteiger partial charge in [0.1, 0.15) is 17.0 Å². The zero-order valence-electron chi connectivity index (χ0n) is 14.9. The first-order valence-electron chi connectivity index (χ1n) is 8.19. The van der Waals surface area contributed by atoms with Gasteiger partial charge in [0.2, 0.25) is 5.91 Å². The molecule has 0 aliphatic carbocycles. The highest BCUT2D eigenvalue weighted by atomic mass is 32.1. The van der Waals surface area contributed by atoms with Gasteiger partial charge in [0.25, 0.3) is 5.56 Å². The van der Waals surface area contributed by atoms with E-state index in [1.807, 2.05) is 0 Å². The van der Waals surface area contributed by atoms with E-state index in [9.17, 15) is 14.4 Å². The molecule has 0 bridgehead atoms. The fourth-order valence-electron chi connectivity index (χ4n) is 2.71. The number of nitrogens with one attached hydrogen (secondary N) is 1. The molecule has 1 N–H and O–H groups in total. The molecular weight excluding hydrogens is 370 g/mol. The SMILES string of the molecule is COCCn1c(=O)c2sccc2n(CC(=O)Nc2cccc(OC)c2)c1=O. The average Bonchev–Trinajstić information content (AvgIpc) is 3.15. The van der Waals surface area contributed by atoms with Crippen molar-refractivity contribution in [2.45, 2.75) is 13.1 Å². The minimum absolute atomic E-state index is 0.125. The molecular formula is C18H19N3O5S. The van der Waals surface area contributed by atoms with Gasteiger partial charge in [-0.2, -0.15) is 0 Å². The fraction of sp³-hybridized carbons (Fsp3) is 0.278. The van der Waals surface area contributed by atoms with Crippen molar-refractivity contribution in [3.8, 4) is 5.75 Å². The molecule has 142 valence electrons. The van der Waals surface area contributed by atoms with E-state index in [0.29, 0.717) is 21.7 Å². The Kier molecular flexibility index (Phi) is 5.72. The molecule has 0 radical (unpaired) electrons. The largest absolute Gasteiger partial charge is 0.497 e. The van der Waals surface area contributed by atoms with Crippen LogP contribution >= 0.6 is 11.3 Å². The molecule has 3 aromatic rings. The van der Waals surface area contributed by atoms with E-state index in [0.717, 1.165) is 4.57 Å². The molecule has 0 atom stereocenters.